The Bertz CT molecular complexity index is 3790. The number of aromatic nitrogens is 5. The molecular formula is C72H75N5. The molecule has 4 saturated carbocycles. The van der Waals surface area contributed by atoms with Crippen molar-refractivity contribution >= 4 is 43.6 Å². The molecule has 0 spiro atoms. The van der Waals surface area contributed by atoms with Crippen LogP contribution in [0.4, 0.5) is 0 Å². The predicted molar refractivity (Wildman–Crippen MR) is 321 cm³/mol. The molecule has 4 aliphatic carbocycles. The van der Waals surface area contributed by atoms with E-state index in [1.54, 1.807) is 0 Å². The van der Waals surface area contributed by atoms with Crippen molar-refractivity contribution in [2.75, 3.05) is 0 Å². The second-order valence-electron chi connectivity index (χ2n) is 25.4. The van der Waals surface area contributed by atoms with Crippen molar-refractivity contribution in [1.82, 2.24) is 24.1 Å². The molecule has 3 heterocycles. The lowest BCUT2D eigenvalue weighted by atomic mass is 9.43. The summed E-state index contributed by atoms with van der Waals surface area (Å²) in [6.07, 6.45) is 17.0. The monoisotopic (exact) mass is 1010 g/mol. The van der Waals surface area contributed by atoms with E-state index in [1.165, 1.54) is 132 Å². The van der Waals surface area contributed by atoms with Gasteiger partial charge in [0.25, 0.3) is 0 Å². The molecule has 77 heavy (non-hydrogen) atoms. The van der Waals surface area contributed by atoms with Crippen LogP contribution in [-0.4, -0.2) is 24.1 Å². The number of rotatable bonds is 11. The van der Waals surface area contributed by atoms with Crippen LogP contribution in [-0.2, 0) is 0 Å². The minimum absolute atomic E-state index is 0.477. The minimum Gasteiger partial charge on any atom is -0.309 e. The van der Waals surface area contributed by atoms with Crippen LogP contribution >= 0.6 is 0 Å². The first kappa shape index (κ1) is 48.5. The quantitative estimate of drug-likeness (QED) is 0.130. The first-order valence-corrected chi connectivity index (χ1v) is 29.7. The van der Waals surface area contributed by atoms with Crippen LogP contribution in [0.15, 0.2) is 170 Å². The standard InChI is InChI=1S/C72H75N5/c1-46(2)17-16-18-47(3)61-35-36-62-58-34-33-54-43-53(39-41-71(54,4)63(58)40-42-72(61,62)5)48-27-29-50(30-28-48)69-73-68(49-19-8-6-9-20-49)74-70(75-69)77-65-26-15-13-24-57(65)60-45-52(32-38-67(60)77)51-31-37-66-59(44-51)56-23-12-14-25-64(56)76(66)55-21-10-7-11-22-55/h6-15,19-32,37-38,44-47,53-54,58,61-63H,16-18,33-36,39-43H2,1-5H3/t47-,53?,54?,58+,61-,62?,63?,71+,72-/m1/s1. The highest BCUT2D eigenvalue weighted by molar-refractivity contribution is 6.12. The lowest BCUT2D eigenvalue weighted by Gasteiger charge is -2.61. The van der Waals surface area contributed by atoms with Crippen molar-refractivity contribution in [3.05, 3.63) is 175 Å². The maximum Gasteiger partial charge on any atom is 0.238 e. The Balaban J connectivity index is 0.755. The maximum absolute atomic E-state index is 5.39. The van der Waals surface area contributed by atoms with Gasteiger partial charge in [-0.15, -0.1) is 0 Å². The van der Waals surface area contributed by atoms with Crippen LogP contribution in [0.25, 0.3) is 89.2 Å². The first-order chi connectivity index (χ1) is 37.6. The number of hydrogen-bond acceptors (Lipinski definition) is 3. The Morgan fingerprint density at radius 3 is 1.71 bits per heavy atom. The second-order valence-corrected chi connectivity index (χ2v) is 25.4. The van der Waals surface area contributed by atoms with E-state index in [0.717, 1.165) is 63.6 Å². The number of nitrogens with zero attached hydrogens (tertiary/aromatic N) is 5. The van der Waals surface area contributed by atoms with Gasteiger partial charge in [0.05, 0.1) is 22.1 Å². The lowest BCUT2D eigenvalue weighted by molar-refractivity contribution is -0.117. The van der Waals surface area contributed by atoms with Gasteiger partial charge < -0.3 is 4.57 Å². The number of para-hydroxylation sites is 3. The van der Waals surface area contributed by atoms with Crippen LogP contribution in [0.3, 0.4) is 0 Å². The van der Waals surface area contributed by atoms with Gasteiger partial charge in [0.2, 0.25) is 5.95 Å². The van der Waals surface area contributed by atoms with Gasteiger partial charge in [0.15, 0.2) is 11.6 Å². The summed E-state index contributed by atoms with van der Waals surface area (Å²) in [6, 6.07) is 61.8. The SMILES string of the molecule is CC(C)CCC[C@@H](C)[C@H]1CCC2[C@@H]3CCC4CC(c5ccc(-c6nc(-c7ccccc7)nc(-n7c8ccccc8c8cc(-c9ccc%10c(c9)c9ccccc9n%10-c9ccccc9)ccc87)n6)cc5)CC[C@]4(C)C3CC[C@@]21C. The van der Waals surface area contributed by atoms with E-state index in [0.29, 0.717) is 34.3 Å². The summed E-state index contributed by atoms with van der Waals surface area (Å²) in [7, 11) is 0. The summed E-state index contributed by atoms with van der Waals surface area (Å²) < 4.78 is 4.63. The third-order valence-corrected chi connectivity index (χ3v) is 21.1. The molecule has 10 aromatic rings. The van der Waals surface area contributed by atoms with E-state index < -0.39 is 0 Å². The molecule has 4 fully saturated rings. The highest BCUT2D eigenvalue weighted by Gasteiger charge is 2.60. The highest BCUT2D eigenvalue weighted by Crippen LogP contribution is 2.69. The first-order valence-electron chi connectivity index (χ1n) is 29.7. The van der Waals surface area contributed by atoms with Crippen molar-refractivity contribution in [2.45, 2.75) is 118 Å². The molecule has 3 aromatic heterocycles. The third kappa shape index (κ3) is 8.19. The van der Waals surface area contributed by atoms with E-state index in [4.69, 9.17) is 15.0 Å². The summed E-state index contributed by atoms with van der Waals surface area (Å²) >= 11 is 0. The molecule has 388 valence electrons. The molecule has 7 aromatic carbocycles. The third-order valence-electron chi connectivity index (χ3n) is 21.1. The summed E-state index contributed by atoms with van der Waals surface area (Å²) in [5.74, 6) is 8.82. The lowest BCUT2D eigenvalue weighted by Crippen LogP contribution is -2.53. The van der Waals surface area contributed by atoms with Crippen molar-refractivity contribution in [3.8, 4) is 45.5 Å². The average molecular weight is 1010 g/mol. The van der Waals surface area contributed by atoms with Crippen LogP contribution in [0.1, 0.15) is 123 Å². The van der Waals surface area contributed by atoms with Crippen LogP contribution in [0.5, 0.6) is 0 Å². The fourth-order valence-electron chi connectivity index (χ4n) is 17.2. The summed E-state index contributed by atoms with van der Waals surface area (Å²) in [6.45, 7) is 12.9. The fraction of sp³-hybridized carbons (Fsp3) is 0.375. The highest BCUT2D eigenvalue weighted by atomic mass is 15.2. The topological polar surface area (TPSA) is 48.5 Å². The Morgan fingerprint density at radius 1 is 0.481 bits per heavy atom. The number of benzene rings is 7. The van der Waals surface area contributed by atoms with E-state index in [1.807, 2.05) is 0 Å². The summed E-state index contributed by atoms with van der Waals surface area (Å²) in [4.78, 5) is 15.9. The Morgan fingerprint density at radius 2 is 1.04 bits per heavy atom. The van der Waals surface area contributed by atoms with Crippen molar-refractivity contribution in [2.24, 2.45) is 52.3 Å². The Labute approximate surface area is 456 Å². The number of fused-ring (bicyclic) bond motifs is 11. The van der Waals surface area contributed by atoms with E-state index in [2.05, 4.69) is 214 Å². The molecule has 0 aliphatic heterocycles. The van der Waals surface area contributed by atoms with Crippen LogP contribution < -0.4 is 0 Å². The number of hydrogen-bond donors (Lipinski definition) is 0. The predicted octanol–water partition coefficient (Wildman–Crippen LogP) is 19.3. The Kier molecular flexibility index (Phi) is 12.1. The zero-order valence-electron chi connectivity index (χ0n) is 46.0. The molecule has 0 saturated heterocycles. The van der Waals surface area contributed by atoms with Gasteiger partial charge in [-0.2, -0.15) is 9.97 Å². The molecule has 0 radical (unpaired) electrons. The molecule has 0 amide bonds. The smallest absolute Gasteiger partial charge is 0.238 e. The second kappa shape index (κ2) is 19.3. The van der Waals surface area contributed by atoms with Gasteiger partial charge in [-0.05, 0) is 181 Å². The van der Waals surface area contributed by atoms with E-state index in [-0.39, 0.29) is 0 Å². The van der Waals surface area contributed by atoms with Crippen molar-refractivity contribution in [1.29, 1.82) is 0 Å². The van der Waals surface area contributed by atoms with Gasteiger partial charge in [0, 0.05) is 38.4 Å². The summed E-state index contributed by atoms with van der Waals surface area (Å²) in [5.41, 5.74) is 12.6. The molecule has 5 nitrogen and oxygen atoms in total. The van der Waals surface area contributed by atoms with Crippen LogP contribution in [0, 0.1) is 52.3 Å². The molecule has 4 aliphatic rings. The Hall–Kier alpha value is -6.85. The fourth-order valence-corrected chi connectivity index (χ4v) is 17.2. The molecule has 9 atom stereocenters. The largest absolute Gasteiger partial charge is 0.309 e. The minimum atomic E-state index is 0.477. The van der Waals surface area contributed by atoms with Gasteiger partial charge in [0.1, 0.15) is 0 Å². The zero-order valence-corrected chi connectivity index (χ0v) is 46.0. The molecule has 0 bridgehead atoms. The molecule has 0 N–H and O–H groups in total. The van der Waals surface area contributed by atoms with Gasteiger partial charge in [-0.3, -0.25) is 4.57 Å². The van der Waals surface area contributed by atoms with Gasteiger partial charge in [-0.25, -0.2) is 4.98 Å². The van der Waals surface area contributed by atoms with Gasteiger partial charge in [-0.1, -0.05) is 175 Å². The summed E-state index contributed by atoms with van der Waals surface area (Å²) in [5, 5.41) is 4.83. The molecule has 14 rings (SSSR count). The molecule has 5 heteroatoms. The molecular weight excluding hydrogens is 935 g/mol. The van der Waals surface area contributed by atoms with E-state index in [9.17, 15) is 0 Å². The molecule has 4 unspecified atom stereocenters. The average Bonchev–Trinajstić information content (AvgIpc) is 4.34. The van der Waals surface area contributed by atoms with Crippen molar-refractivity contribution in [3.63, 3.8) is 0 Å². The normalized spacial score (nSPS) is 25.6. The van der Waals surface area contributed by atoms with Gasteiger partial charge >= 0.3 is 0 Å². The van der Waals surface area contributed by atoms with E-state index >= 15 is 0 Å². The maximum atomic E-state index is 5.39. The van der Waals surface area contributed by atoms with Crippen LogP contribution in [0.2, 0.25) is 0 Å². The zero-order chi connectivity index (χ0) is 52.0. The van der Waals surface area contributed by atoms with Crippen molar-refractivity contribution < 1.29 is 0 Å².